The SMILES string of the molecule is NC[C@@H]1CCN(c2nc(-c3ccccc3O)nc3ccc(F)cc23)C1.O=C(NC[C@@H]1CCN(c2nc(-c3ccccc3O)nc3ccc(F)cc23)C1)C1CC1. The second kappa shape index (κ2) is 15.4. The van der Waals surface area contributed by atoms with Crippen molar-refractivity contribution in [1.82, 2.24) is 25.3 Å². The van der Waals surface area contributed by atoms with Crippen molar-refractivity contribution in [3.8, 4) is 34.3 Å². The molecule has 3 fully saturated rings. The van der Waals surface area contributed by atoms with E-state index in [1.807, 2.05) is 12.1 Å². The summed E-state index contributed by atoms with van der Waals surface area (Å²) < 4.78 is 27.8. The predicted octanol–water partition coefficient (Wildman–Crippen LogP) is 6.42. The number of halogens is 2. The van der Waals surface area contributed by atoms with Crippen molar-refractivity contribution in [2.24, 2.45) is 23.5 Å². The van der Waals surface area contributed by atoms with Crippen LogP contribution < -0.4 is 20.9 Å². The number of nitrogens with two attached hydrogens (primary N) is 1. The first-order valence-corrected chi connectivity index (χ1v) is 18.7. The number of nitrogens with zero attached hydrogens (tertiary/aromatic N) is 6. The Bertz CT molecular complexity index is 2370. The number of hydrogen-bond donors (Lipinski definition) is 4. The summed E-state index contributed by atoms with van der Waals surface area (Å²) in [5.41, 5.74) is 8.18. The molecular formula is C42H42F2N8O3. The molecule has 13 heteroatoms. The van der Waals surface area contributed by atoms with E-state index in [4.69, 9.17) is 10.7 Å². The third-order valence-corrected chi connectivity index (χ3v) is 10.6. The lowest BCUT2D eigenvalue weighted by Crippen LogP contribution is -2.32. The lowest BCUT2D eigenvalue weighted by molar-refractivity contribution is -0.122. The highest BCUT2D eigenvalue weighted by atomic mass is 19.1. The highest BCUT2D eigenvalue weighted by Gasteiger charge is 2.32. The van der Waals surface area contributed by atoms with E-state index in [0.29, 0.717) is 81.1 Å². The summed E-state index contributed by atoms with van der Waals surface area (Å²) in [6, 6.07) is 22.9. The average Bonchev–Trinajstić information content (AvgIpc) is 3.75. The number of aromatic hydroxyl groups is 2. The van der Waals surface area contributed by atoms with Gasteiger partial charge in [0.2, 0.25) is 5.91 Å². The monoisotopic (exact) mass is 744 g/mol. The van der Waals surface area contributed by atoms with Gasteiger partial charge < -0.3 is 31.1 Å². The van der Waals surface area contributed by atoms with Crippen molar-refractivity contribution in [3.63, 3.8) is 0 Å². The summed E-state index contributed by atoms with van der Waals surface area (Å²) in [4.78, 5) is 34.7. The standard InChI is InChI=1S/C23H23FN4O2.C19H19FN4O/c24-16-7-8-19-18(11-16)22(27-21(26-19)17-3-1-2-4-20(17)29)28-10-9-14(13-28)12-25-23(30)15-5-6-15;20-13-5-6-16-15(9-13)19(24-8-7-12(10-21)11-24)23-18(22-16)14-3-1-2-4-17(14)25/h1-4,7-8,11,14-15,29H,5-6,9-10,12-13H2,(H,25,30);1-6,9,12,25H,7-8,10-11,21H2/t14-;12-/m00/s1. The maximum atomic E-state index is 14.0. The topological polar surface area (TPSA) is 154 Å². The molecule has 6 aromatic rings. The van der Waals surface area contributed by atoms with E-state index in [1.54, 1.807) is 48.5 Å². The number of benzene rings is 4. The molecule has 1 amide bonds. The number of hydrogen-bond acceptors (Lipinski definition) is 10. The fraction of sp³-hybridized carbons (Fsp3) is 0.310. The number of aromatic nitrogens is 4. The van der Waals surface area contributed by atoms with E-state index in [9.17, 15) is 23.8 Å². The number of fused-ring (bicyclic) bond motifs is 2. The van der Waals surface area contributed by atoms with E-state index < -0.39 is 0 Å². The summed E-state index contributed by atoms with van der Waals surface area (Å²) in [6.07, 6.45) is 3.91. The molecule has 1 saturated carbocycles. The molecule has 0 radical (unpaired) electrons. The first-order chi connectivity index (χ1) is 26.7. The van der Waals surface area contributed by atoms with Crippen LogP contribution in [0.2, 0.25) is 0 Å². The number of carbonyl (C=O) groups is 1. The van der Waals surface area contributed by atoms with E-state index >= 15 is 0 Å². The fourth-order valence-electron chi connectivity index (χ4n) is 7.36. The second-order valence-corrected chi connectivity index (χ2v) is 14.6. The molecule has 2 aromatic heterocycles. The zero-order valence-corrected chi connectivity index (χ0v) is 30.2. The first kappa shape index (κ1) is 36.0. The minimum atomic E-state index is -0.338. The van der Waals surface area contributed by atoms with Crippen LogP contribution in [0.4, 0.5) is 20.4 Å². The molecule has 2 aliphatic heterocycles. The molecule has 5 N–H and O–H groups in total. The van der Waals surface area contributed by atoms with Gasteiger partial charge in [0.25, 0.3) is 0 Å². The smallest absolute Gasteiger partial charge is 0.223 e. The molecule has 0 unspecified atom stereocenters. The fourth-order valence-corrected chi connectivity index (χ4v) is 7.36. The number of phenols is 2. The summed E-state index contributed by atoms with van der Waals surface area (Å²) in [5, 5.41) is 24.8. The Morgan fingerprint density at radius 1 is 0.691 bits per heavy atom. The number of phenolic OH excluding ortho intramolecular Hbond substituents is 2. The highest BCUT2D eigenvalue weighted by Crippen LogP contribution is 2.36. The molecule has 2 atom stereocenters. The molecule has 0 bridgehead atoms. The van der Waals surface area contributed by atoms with Gasteiger partial charge in [0.05, 0.1) is 22.2 Å². The number of nitrogens with one attached hydrogen (secondary N) is 1. The third kappa shape index (κ3) is 7.83. The number of amides is 1. The molecular weight excluding hydrogens is 703 g/mol. The molecule has 4 aromatic carbocycles. The molecule has 1 aliphatic carbocycles. The number of carbonyl (C=O) groups excluding carboxylic acids is 1. The van der Waals surface area contributed by atoms with Crippen LogP contribution in [0.15, 0.2) is 84.9 Å². The summed E-state index contributed by atoms with van der Waals surface area (Å²) in [5.74, 6) is 2.86. The van der Waals surface area contributed by atoms with Crippen LogP contribution in [0.3, 0.4) is 0 Å². The van der Waals surface area contributed by atoms with Gasteiger partial charge in [0.15, 0.2) is 11.6 Å². The Morgan fingerprint density at radius 3 is 1.65 bits per heavy atom. The molecule has 4 heterocycles. The van der Waals surface area contributed by atoms with Crippen LogP contribution in [0.25, 0.3) is 44.6 Å². The van der Waals surface area contributed by atoms with Gasteiger partial charge in [-0.15, -0.1) is 0 Å². The van der Waals surface area contributed by atoms with Crippen LogP contribution in [-0.2, 0) is 4.79 Å². The molecule has 9 rings (SSSR count). The van der Waals surface area contributed by atoms with Crippen LogP contribution in [-0.4, -0.2) is 75.3 Å². The van der Waals surface area contributed by atoms with Gasteiger partial charge in [-0.2, -0.15) is 0 Å². The largest absolute Gasteiger partial charge is 0.507 e. The number of rotatable bonds is 8. The Kier molecular flexibility index (Phi) is 10.1. The normalized spacial score (nSPS) is 18.1. The van der Waals surface area contributed by atoms with Gasteiger partial charge in [0.1, 0.15) is 34.8 Å². The molecule has 11 nitrogen and oxygen atoms in total. The van der Waals surface area contributed by atoms with Crippen LogP contribution in [0.5, 0.6) is 11.5 Å². The number of para-hydroxylation sites is 2. The van der Waals surface area contributed by atoms with Crippen molar-refractivity contribution in [2.75, 3.05) is 49.1 Å². The van der Waals surface area contributed by atoms with Crippen molar-refractivity contribution >= 4 is 39.3 Å². The third-order valence-electron chi connectivity index (χ3n) is 10.6. The van der Waals surface area contributed by atoms with E-state index in [2.05, 4.69) is 30.1 Å². The minimum Gasteiger partial charge on any atom is -0.507 e. The Labute approximate surface area is 316 Å². The van der Waals surface area contributed by atoms with E-state index in [1.165, 1.54) is 24.3 Å². The van der Waals surface area contributed by atoms with Crippen LogP contribution in [0.1, 0.15) is 25.7 Å². The van der Waals surface area contributed by atoms with Gasteiger partial charge in [-0.3, -0.25) is 4.79 Å². The maximum Gasteiger partial charge on any atom is 0.223 e. The lowest BCUT2D eigenvalue weighted by atomic mass is 10.1. The summed E-state index contributed by atoms with van der Waals surface area (Å²) in [6.45, 7) is 4.39. The van der Waals surface area contributed by atoms with E-state index in [0.717, 1.165) is 51.9 Å². The quantitative estimate of drug-likeness (QED) is 0.137. The van der Waals surface area contributed by atoms with Gasteiger partial charge in [0, 0.05) is 49.4 Å². The summed E-state index contributed by atoms with van der Waals surface area (Å²) >= 11 is 0. The van der Waals surface area contributed by atoms with Gasteiger partial charge in [-0.05, 0) is 105 Å². The molecule has 0 spiro atoms. The molecule has 282 valence electrons. The van der Waals surface area contributed by atoms with E-state index in [-0.39, 0.29) is 35.0 Å². The number of anilines is 2. The molecule has 55 heavy (non-hydrogen) atoms. The Hall–Kier alpha value is -5.95. The average molecular weight is 745 g/mol. The van der Waals surface area contributed by atoms with Gasteiger partial charge >= 0.3 is 0 Å². The zero-order valence-electron chi connectivity index (χ0n) is 30.2. The zero-order chi connectivity index (χ0) is 38.1. The molecule has 3 aliphatic rings. The van der Waals surface area contributed by atoms with Crippen molar-refractivity contribution in [2.45, 2.75) is 25.7 Å². The van der Waals surface area contributed by atoms with Crippen molar-refractivity contribution in [1.29, 1.82) is 0 Å². The Morgan fingerprint density at radius 2 is 1.18 bits per heavy atom. The van der Waals surface area contributed by atoms with Crippen molar-refractivity contribution < 1.29 is 23.8 Å². The second-order valence-electron chi connectivity index (χ2n) is 14.6. The van der Waals surface area contributed by atoms with Crippen LogP contribution in [0, 0.1) is 29.4 Å². The Balaban J connectivity index is 0.000000158. The summed E-state index contributed by atoms with van der Waals surface area (Å²) in [7, 11) is 0. The van der Waals surface area contributed by atoms with Crippen molar-refractivity contribution in [3.05, 3.63) is 96.6 Å². The maximum absolute atomic E-state index is 14.0. The predicted molar refractivity (Wildman–Crippen MR) is 209 cm³/mol. The van der Waals surface area contributed by atoms with Gasteiger partial charge in [-0.25, -0.2) is 28.7 Å². The van der Waals surface area contributed by atoms with Crippen LogP contribution >= 0.6 is 0 Å². The lowest BCUT2D eigenvalue weighted by Gasteiger charge is -2.20. The van der Waals surface area contributed by atoms with Gasteiger partial charge in [-0.1, -0.05) is 24.3 Å². The minimum absolute atomic E-state index is 0.104. The highest BCUT2D eigenvalue weighted by molar-refractivity contribution is 5.92. The first-order valence-electron chi connectivity index (χ1n) is 18.7. The molecule has 2 saturated heterocycles.